The lowest BCUT2D eigenvalue weighted by Crippen LogP contribution is -2.59. The largest absolute Gasteiger partial charge is 0.496 e. The highest BCUT2D eigenvalue weighted by molar-refractivity contribution is 5.53. The lowest BCUT2D eigenvalue weighted by molar-refractivity contribution is -0.0699. The van der Waals surface area contributed by atoms with Crippen molar-refractivity contribution in [2.24, 2.45) is 23.2 Å². The number of para-hydroxylation sites is 1. The maximum absolute atomic E-state index is 9.69. The number of aromatic nitrogens is 2. The van der Waals surface area contributed by atoms with Gasteiger partial charge in [0.2, 0.25) is 5.95 Å². The zero-order valence-electron chi connectivity index (χ0n) is 21.5. The van der Waals surface area contributed by atoms with Crippen molar-refractivity contribution in [3.63, 3.8) is 0 Å². The second-order valence-corrected chi connectivity index (χ2v) is 11.2. The maximum atomic E-state index is 9.69. The van der Waals surface area contributed by atoms with Crippen molar-refractivity contribution in [2.45, 2.75) is 57.2 Å². The molecule has 4 saturated carbocycles. The van der Waals surface area contributed by atoms with Crippen LogP contribution in [-0.2, 0) is 6.54 Å². The number of methoxy groups -OCH3 is 1. The maximum Gasteiger partial charge on any atom is 0.224 e. The first-order chi connectivity index (χ1) is 18.0. The topological polar surface area (TPSA) is 135 Å². The smallest absolute Gasteiger partial charge is 0.224 e. The predicted molar refractivity (Wildman–Crippen MR) is 141 cm³/mol. The molecule has 9 heteroatoms. The monoisotopic (exact) mass is 506 g/mol. The van der Waals surface area contributed by atoms with Crippen LogP contribution < -0.4 is 20.7 Å². The third-order valence-corrected chi connectivity index (χ3v) is 8.64. The van der Waals surface area contributed by atoms with E-state index in [4.69, 9.17) is 9.84 Å². The second-order valence-electron chi connectivity index (χ2n) is 11.2. The standard InChI is InChI=1S/C28H38N6O3/c1-37-24-5-3-2-4-19(24)14-31-27-32-15-22(13-29)26(34-27)33-17-28-10-18-8-20(11-28)25(21(9-18)12-28)30-7-6-23(36)16-35/h2-5,15,18,20-21,23,25,30,35-36H,6-12,14,16-17H2,1H3,(H2,31,32,33,34)/t18?,20-,21+,23-,25-,28-/m0/s1. The molecular weight excluding hydrogens is 468 g/mol. The number of hydrogen-bond donors (Lipinski definition) is 5. The second kappa shape index (κ2) is 11.2. The molecule has 1 unspecified atom stereocenters. The number of hydrogen-bond acceptors (Lipinski definition) is 9. The van der Waals surface area contributed by atoms with Crippen LogP contribution in [0.2, 0.25) is 0 Å². The molecule has 4 aliphatic carbocycles. The Kier molecular flexibility index (Phi) is 7.79. The molecule has 9 nitrogen and oxygen atoms in total. The van der Waals surface area contributed by atoms with Crippen LogP contribution in [0.1, 0.15) is 49.7 Å². The molecule has 6 rings (SSSR count). The van der Waals surface area contributed by atoms with E-state index in [-0.39, 0.29) is 12.0 Å². The van der Waals surface area contributed by atoms with Crippen molar-refractivity contribution < 1.29 is 14.9 Å². The molecular formula is C28H38N6O3. The van der Waals surface area contributed by atoms with Gasteiger partial charge in [0.05, 0.1) is 26.0 Å². The van der Waals surface area contributed by atoms with E-state index in [9.17, 15) is 10.4 Å². The number of nitriles is 1. The molecule has 4 bridgehead atoms. The summed E-state index contributed by atoms with van der Waals surface area (Å²) in [6, 6.07) is 10.6. The number of nitrogens with zero attached hydrogens (tertiary/aromatic N) is 3. The molecule has 0 aliphatic heterocycles. The van der Waals surface area contributed by atoms with Crippen LogP contribution in [0.15, 0.2) is 30.5 Å². The van der Waals surface area contributed by atoms with Gasteiger partial charge in [-0.15, -0.1) is 0 Å². The highest BCUT2D eigenvalue weighted by atomic mass is 16.5. The summed E-state index contributed by atoms with van der Waals surface area (Å²) in [5.74, 6) is 3.91. The van der Waals surface area contributed by atoms with Crippen molar-refractivity contribution in [1.82, 2.24) is 15.3 Å². The molecule has 37 heavy (non-hydrogen) atoms. The number of benzene rings is 1. The fourth-order valence-corrected chi connectivity index (χ4v) is 7.23. The van der Waals surface area contributed by atoms with Gasteiger partial charge in [0.25, 0.3) is 0 Å². The van der Waals surface area contributed by atoms with Gasteiger partial charge in [0.15, 0.2) is 0 Å². The van der Waals surface area contributed by atoms with Crippen LogP contribution >= 0.6 is 0 Å². The summed E-state index contributed by atoms with van der Waals surface area (Å²) in [4.78, 5) is 9.00. The highest BCUT2D eigenvalue weighted by Gasteiger charge is 2.55. The van der Waals surface area contributed by atoms with E-state index in [1.165, 1.54) is 32.1 Å². The zero-order valence-corrected chi connectivity index (χ0v) is 21.5. The fraction of sp³-hybridized carbons (Fsp3) is 0.607. The Hall–Kier alpha value is -2.93. The molecule has 4 aliphatic rings. The molecule has 0 saturated heterocycles. The van der Waals surface area contributed by atoms with Gasteiger partial charge in [-0.05, 0) is 74.3 Å². The average molecular weight is 507 g/mol. The summed E-state index contributed by atoms with van der Waals surface area (Å²) in [5.41, 5.74) is 1.69. The van der Waals surface area contributed by atoms with E-state index >= 15 is 0 Å². The van der Waals surface area contributed by atoms with E-state index < -0.39 is 6.10 Å². The lowest BCUT2D eigenvalue weighted by Gasteiger charge is -2.60. The summed E-state index contributed by atoms with van der Waals surface area (Å²) in [6.45, 7) is 1.89. The van der Waals surface area contributed by atoms with Gasteiger partial charge in [-0.2, -0.15) is 10.2 Å². The Labute approximate surface area is 218 Å². The Balaban J connectivity index is 1.22. The first-order valence-corrected chi connectivity index (χ1v) is 13.4. The number of ether oxygens (including phenoxy) is 1. The minimum absolute atomic E-state index is 0.179. The molecule has 6 atom stereocenters. The van der Waals surface area contributed by atoms with Crippen molar-refractivity contribution in [3.05, 3.63) is 41.6 Å². The normalized spacial score (nSPS) is 28.5. The molecule has 1 heterocycles. The third-order valence-electron chi connectivity index (χ3n) is 8.64. The Morgan fingerprint density at radius 3 is 2.70 bits per heavy atom. The molecule has 1 aromatic carbocycles. The van der Waals surface area contributed by atoms with Crippen LogP contribution in [0, 0.1) is 34.5 Å². The highest BCUT2D eigenvalue weighted by Crippen LogP contribution is 2.60. The third kappa shape index (κ3) is 5.66. The van der Waals surface area contributed by atoms with E-state index in [0.717, 1.165) is 30.3 Å². The van der Waals surface area contributed by atoms with Crippen LogP contribution in [0.4, 0.5) is 11.8 Å². The Morgan fingerprint density at radius 1 is 1.19 bits per heavy atom. The van der Waals surface area contributed by atoms with E-state index in [2.05, 4.69) is 32.0 Å². The summed E-state index contributed by atoms with van der Waals surface area (Å²) in [6.07, 6.45) is 7.63. The number of anilines is 2. The lowest BCUT2D eigenvalue weighted by atomic mass is 9.48. The van der Waals surface area contributed by atoms with Crippen LogP contribution in [-0.4, -0.2) is 59.1 Å². The van der Waals surface area contributed by atoms with Gasteiger partial charge < -0.3 is 30.9 Å². The molecule has 0 spiro atoms. The summed E-state index contributed by atoms with van der Waals surface area (Å²) in [7, 11) is 1.66. The summed E-state index contributed by atoms with van der Waals surface area (Å²) >= 11 is 0. The summed E-state index contributed by atoms with van der Waals surface area (Å²) < 4.78 is 5.43. The van der Waals surface area contributed by atoms with Crippen LogP contribution in [0.3, 0.4) is 0 Å². The minimum atomic E-state index is -0.642. The van der Waals surface area contributed by atoms with Gasteiger partial charge in [-0.25, -0.2) is 4.98 Å². The fourth-order valence-electron chi connectivity index (χ4n) is 7.23. The Morgan fingerprint density at radius 2 is 1.97 bits per heavy atom. The number of nitrogens with one attached hydrogen (secondary N) is 3. The number of rotatable bonds is 12. The summed E-state index contributed by atoms with van der Waals surface area (Å²) in [5, 5.41) is 39.0. The van der Waals surface area contributed by atoms with E-state index in [0.29, 0.717) is 48.2 Å². The number of aliphatic hydroxyl groups is 2. The van der Waals surface area contributed by atoms with Crippen molar-refractivity contribution in [2.75, 3.05) is 37.4 Å². The zero-order chi connectivity index (χ0) is 25.8. The number of aliphatic hydroxyl groups excluding tert-OH is 2. The molecule has 198 valence electrons. The van der Waals surface area contributed by atoms with Gasteiger partial charge >= 0.3 is 0 Å². The average Bonchev–Trinajstić information content (AvgIpc) is 2.92. The molecule has 4 fully saturated rings. The van der Waals surface area contributed by atoms with Gasteiger partial charge in [0.1, 0.15) is 23.2 Å². The first kappa shape index (κ1) is 25.7. The van der Waals surface area contributed by atoms with Crippen molar-refractivity contribution >= 4 is 11.8 Å². The van der Waals surface area contributed by atoms with Gasteiger partial charge in [-0.1, -0.05) is 18.2 Å². The molecule has 2 aromatic rings. The van der Waals surface area contributed by atoms with E-state index in [1.54, 1.807) is 13.3 Å². The minimum Gasteiger partial charge on any atom is -0.496 e. The van der Waals surface area contributed by atoms with E-state index in [1.807, 2.05) is 24.3 Å². The first-order valence-electron chi connectivity index (χ1n) is 13.4. The molecule has 0 radical (unpaired) electrons. The Bertz CT molecular complexity index is 1110. The molecule has 0 amide bonds. The molecule has 1 aromatic heterocycles. The predicted octanol–water partition coefficient (Wildman–Crippen LogP) is 2.91. The van der Waals surface area contributed by atoms with Crippen molar-refractivity contribution in [3.8, 4) is 11.8 Å². The van der Waals surface area contributed by atoms with Crippen LogP contribution in [0.25, 0.3) is 0 Å². The van der Waals surface area contributed by atoms with Crippen molar-refractivity contribution in [1.29, 1.82) is 5.26 Å². The molecule has 5 N–H and O–H groups in total. The quantitative estimate of drug-likeness (QED) is 0.294. The van der Waals surface area contributed by atoms with Gasteiger partial charge in [-0.3, -0.25) is 0 Å². The SMILES string of the molecule is COc1ccccc1CNc1ncc(C#N)c(NC[C@]23CC4C[C@H](C2)[C@@H](NCC[C@H](O)CO)[C@@H](C4)C3)n1. The van der Waals surface area contributed by atoms with Crippen LogP contribution in [0.5, 0.6) is 5.75 Å². The van der Waals surface area contributed by atoms with Gasteiger partial charge in [0, 0.05) is 24.7 Å².